The minimum atomic E-state index is -0.328. The molecule has 7 nitrogen and oxygen atoms in total. The van der Waals surface area contributed by atoms with E-state index in [1.54, 1.807) is 20.4 Å². The van der Waals surface area contributed by atoms with Crippen molar-refractivity contribution in [2.45, 2.75) is 20.1 Å². The van der Waals surface area contributed by atoms with Crippen LogP contribution in [0.3, 0.4) is 0 Å². The van der Waals surface area contributed by atoms with Crippen LogP contribution >= 0.6 is 0 Å². The maximum Gasteiger partial charge on any atom is 0.339 e. The summed E-state index contributed by atoms with van der Waals surface area (Å²) < 4.78 is 22.0. The van der Waals surface area contributed by atoms with Crippen molar-refractivity contribution < 1.29 is 23.4 Å². The lowest BCUT2D eigenvalue weighted by atomic mass is 9.91. The smallest absolute Gasteiger partial charge is 0.339 e. The maximum atomic E-state index is 12.6. The number of esters is 1. The average molecular weight is 444 g/mol. The number of cyclic esters (lactones) is 1. The number of aryl methyl sites for hydroxylation is 1. The average Bonchev–Trinajstić information content (AvgIpc) is 3.41. The first kappa shape index (κ1) is 20.9. The van der Waals surface area contributed by atoms with Crippen LogP contribution in [0.15, 0.2) is 53.1 Å². The van der Waals surface area contributed by atoms with E-state index in [0.717, 1.165) is 44.8 Å². The number of fused-ring (bicyclic) bond motifs is 2. The number of pyridine rings is 1. The Balaban J connectivity index is 1.60. The molecule has 0 radical (unpaired) electrons. The summed E-state index contributed by atoms with van der Waals surface area (Å²) in [5, 5.41) is 1.81. The second-order valence-electron chi connectivity index (χ2n) is 8.06. The maximum absolute atomic E-state index is 12.6. The molecule has 7 heteroatoms. The molecular weight excluding hydrogens is 420 g/mol. The molecule has 0 N–H and O–H groups in total. The van der Waals surface area contributed by atoms with Crippen LogP contribution in [-0.4, -0.2) is 32.2 Å². The highest BCUT2D eigenvalue weighted by molar-refractivity contribution is 6.11. The summed E-state index contributed by atoms with van der Waals surface area (Å²) in [5.74, 6) is 3.44. The molecule has 0 atom stereocenters. The SMILES string of the molecule is COc1cc2cc3c(c(-c4ccc(N(C)Cc5ccc(C)o5)nc4)c2cc1OC)C(=O)OC3. The molecule has 168 valence electrons. The molecule has 4 aromatic rings. The summed E-state index contributed by atoms with van der Waals surface area (Å²) in [6.45, 7) is 2.78. The molecule has 0 amide bonds. The van der Waals surface area contributed by atoms with Gasteiger partial charge in [-0.3, -0.25) is 0 Å². The molecule has 5 rings (SSSR count). The van der Waals surface area contributed by atoms with E-state index in [4.69, 9.17) is 18.6 Å². The molecule has 0 unspecified atom stereocenters. The molecule has 1 aliphatic heterocycles. The predicted molar refractivity (Wildman–Crippen MR) is 125 cm³/mol. The van der Waals surface area contributed by atoms with E-state index in [-0.39, 0.29) is 12.6 Å². The molecular formula is C26H24N2O5. The number of methoxy groups -OCH3 is 2. The summed E-state index contributed by atoms with van der Waals surface area (Å²) in [5.41, 5.74) is 3.04. The van der Waals surface area contributed by atoms with Crippen molar-refractivity contribution in [1.82, 2.24) is 4.98 Å². The number of aromatic nitrogens is 1. The zero-order chi connectivity index (χ0) is 23.1. The zero-order valence-electron chi connectivity index (χ0n) is 19.0. The van der Waals surface area contributed by atoms with Crippen LogP contribution in [0.4, 0.5) is 5.82 Å². The summed E-state index contributed by atoms with van der Waals surface area (Å²) >= 11 is 0. The van der Waals surface area contributed by atoms with E-state index in [0.29, 0.717) is 23.6 Å². The topological polar surface area (TPSA) is 74.0 Å². The number of rotatable bonds is 6. The number of carbonyl (C=O) groups is 1. The Morgan fingerprint density at radius 3 is 2.48 bits per heavy atom. The van der Waals surface area contributed by atoms with Gasteiger partial charge in [-0.15, -0.1) is 0 Å². The minimum Gasteiger partial charge on any atom is -0.493 e. The Hall–Kier alpha value is -4.00. The number of hydrogen-bond acceptors (Lipinski definition) is 7. The molecule has 0 bridgehead atoms. The number of benzene rings is 2. The van der Waals surface area contributed by atoms with Crippen molar-refractivity contribution in [3.63, 3.8) is 0 Å². The van der Waals surface area contributed by atoms with Gasteiger partial charge in [-0.05, 0) is 60.2 Å². The molecule has 0 aliphatic carbocycles. The van der Waals surface area contributed by atoms with Crippen LogP contribution < -0.4 is 14.4 Å². The lowest BCUT2D eigenvalue weighted by Gasteiger charge is -2.18. The fraction of sp³-hybridized carbons (Fsp3) is 0.231. The summed E-state index contributed by atoms with van der Waals surface area (Å²) in [4.78, 5) is 19.3. The van der Waals surface area contributed by atoms with Gasteiger partial charge in [0.05, 0.1) is 26.3 Å². The van der Waals surface area contributed by atoms with Gasteiger partial charge in [0, 0.05) is 29.9 Å². The Labute approximate surface area is 191 Å². The third kappa shape index (κ3) is 3.65. The van der Waals surface area contributed by atoms with E-state index in [1.165, 1.54) is 0 Å². The van der Waals surface area contributed by atoms with E-state index in [2.05, 4.69) is 4.98 Å². The number of nitrogens with zero attached hydrogens (tertiary/aromatic N) is 2. The second-order valence-corrected chi connectivity index (χ2v) is 8.06. The van der Waals surface area contributed by atoms with Gasteiger partial charge in [0.1, 0.15) is 23.9 Å². The largest absolute Gasteiger partial charge is 0.493 e. The van der Waals surface area contributed by atoms with E-state index in [9.17, 15) is 4.79 Å². The predicted octanol–water partition coefficient (Wildman–Crippen LogP) is 5.13. The van der Waals surface area contributed by atoms with Crippen LogP contribution in [-0.2, 0) is 17.9 Å². The van der Waals surface area contributed by atoms with Gasteiger partial charge in [0.25, 0.3) is 0 Å². The van der Waals surface area contributed by atoms with Gasteiger partial charge in [0.2, 0.25) is 0 Å². The van der Waals surface area contributed by atoms with E-state index < -0.39 is 0 Å². The normalized spacial score (nSPS) is 12.5. The van der Waals surface area contributed by atoms with Crippen molar-refractivity contribution in [2.75, 3.05) is 26.2 Å². The quantitative estimate of drug-likeness (QED) is 0.382. The van der Waals surface area contributed by atoms with Crippen molar-refractivity contribution >= 4 is 22.6 Å². The molecule has 0 saturated heterocycles. The number of hydrogen-bond donors (Lipinski definition) is 0. The first-order chi connectivity index (χ1) is 16.0. The van der Waals surface area contributed by atoms with Gasteiger partial charge in [-0.2, -0.15) is 0 Å². The van der Waals surface area contributed by atoms with Crippen molar-refractivity contribution in [3.8, 4) is 22.6 Å². The standard InChI is InChI=1S/C26H24N2O5/c1-15-5-7-19(33-15)13-28(2)23-8-6-16(12-27-23)24-20-11-22(31-4)21(30-3)10-17(20)9-18-14-32-26(29)25(18)24/h5-12H,13-14H2,1-4H3. The number of anilines is 1. The molecule has 0 saturated carbocycles. The third-order valence-corrected chi connectivity index (χ3v) is 5.91. The summed E-state index contributed by atoms with van der Waals surface area (Å²) in [6.07, 6.45) is 1.79. The highest BCUT2D eigenvalue weighted by atomic mass is 16.5. The van der Waals surface area contributed by atoms with E-state index >= 15 is 0 Å². The first-order valence-corrected chi connectivity index (χ1v) is 10.6. The molecule has 2 aromatic heterocycles. The Morgan fingerprint density at radius 2 is 1.82 bits per heavy atom. The van der Waals surface area contributed by atoms with Crippen LogP contribution in [0, 0.1) is 6.92 Å². The number of furan rings is 1. The van der Waals surface area contributed by atoms with Crippen LogP contribution in [0.1, 0.15) is 27.4 Å². The van der Waals surface area contributed by atoms with Crippen LogP contribution in [0.25, 0.3) is 21.9 Å². The lowest BCUT2D eigenvalue weighted by Crippen LogP contribution is -2.17. The van der Waals surface area contributed by atoms with E-state index in [1.807, 2.05) is 61.3 Å². The third-order valence-electron chi connectivity index (χ3n) is 5.91. The second kappa shape index (κ2) is 8.16. The van der Waals surface area contributed by atoms with Crippen molar-refractivity contribution in [1.29, 1.82) is 0 Å². The summed E-state index contributed by atoms with van der Waals surface area (Å²) in [6, 6.07) is 13.6. The van der Waals surface area contributed by atoms with Gasteiger partial charge in [0.15, 0.2) is 11.5 Å². The zero-order valence-corrected chi connectivity index (χ0v) is 19.0. The van der Waals surface area contributed by atoms with Gasteiger partial charge >= 0.3 is 5.97 Å². The highest BCUT2D eigenvalue weighted by Gasteiger charge is 2.28. The Bertz CT molecular complexity index is 1360. The fourth-order valence-corrected chi connectivity index (χ4v) is 4.29. The monoisotopic (exact) mass is 444 g/mol. The molecule has 2 aromatic carbocycles. The molecule has 0 fully saturated rings. The molecule has 3 heterocycles. The number of ether oxygens (including phenoxy) is 3. The molecule has 0 spiro atoms. The molecule has 33 heavy (non-hydrogen) atoms. The fourth-order valence-electron chi connectivity index (χ4n) is 4.29. The van der Waals surface area contributed by atoms with Crippen LogP contribution in [0.5, 0.6) is 11.5 Å². The number of carbonyl (C=O) groups excluding carboxylic acids is 1. The van der Waals surface area contributed by atoms with Gasteiger partial charge < -0.3 is 23.5 Å². The van der Waals surface area contributed by atoms with Crippen LogP contribution in [0.2, 0.25) is 0 Å². The summed E-state index contributed by atoms with van der Waals surface area (Å²) in [7, 11) is 5.16. The highest BCUT2D eigenvalue weighted by Crippen LogP contribution is 2.42. The lowest BCUT2D eigenvalue weighted by molar-refractivity contribution is 0.0535. The van der Waals surface area contributed by atoms with Crippen molar-refractivity contribution in [3.05, 3.63) is 71.3 Å². The Morgan fingerprint density at radius 1 is 1.03 bits per heavy atom. The minimum absolute atomic E-state index is 0.252. The van der Waals surface area contributed by atoms with Gasteiger partial charge in [-0.25, -0.2) is 9.78 Å². The first-order valence-electron chi connectivity index (χ1n) is 10.6. The van der Waals surface area contributed by atoms with Crippen molar-refractivity contribution in [2.24, 2.45) is 0 Å². The van der Waals surface area contributed by atoms with Gasteiger partial charge in [-0.1, -0.05) is 0 Å². The molecule has 1 aliphatic rings. The Kier molecular flexibility index (Phi) is 5.17.